The van der Waals surface area contributed by atoms with Gasteiger partial charge in [0.15, 0.2) is 0 Å². The van der Waals surface area contributed by atoms with Crippen molar-refractivity contribution < 1.29 is 0 Å². The number of rotatable bonds is 6. The van der Waals surface area contributed by atoms with E-state index in [-0.39, 0.29) is 0 Å². The van der Waals surface area contributed by atoms with Crippen molar-refractivity contribution in [3.8, 4) is 72.7 Å². The summed E-state index contributed by atoms with van der Waals surface area (Å²) in [7, 11) is -1.85. The predicted octanol–water partition coefficient (Wildman–Crippen LogP) is 13.3. The van der Waals surface area contributed by atoms with Crippen molar-refractivity contribution in [3.63, 3.8) is 0 Å². The van der Waals surface area contributed by atoms with Gasteiger partial charge in [-0.05, 0) is 103 Å². The third-order valence-corrected chi connectivity index (χ3v) is 15.8. The lowest BCUT2D eigenvalue weighted by Crippen LogP contribution is -2.50. The van der Waals surface area contributed by atoms with Crippen LogP contribution in [0, 0.1) is 0 Å². The molecule has 0 saturated carbocycles. The molecular weight excluding hydrogens is 717 g/mol. The first-order valence-corrected chi connectivity index (χ1v) is 23.1. The molecule has 0 amide bonds. The van der Waals surface area contributed by atoms with E-state index in [0.29, 0.717) is 0 Å². The van der Waals surface area contributed by atoms with Crippen molar-refractivity contribution in [3.05, 3.63) is 206 Å². The van der Waals surface area contributed by atoms with Crippen molar-refractivity contribution in [1.82, 2.24) is 9.55 Å². The third kappa shape index (κ3) is 5.58. The number of pyridine rings is 1. The predicted molar refractivity (Wildman–Crippen MR) is 248 cm³/mol. The number of aromatic nitrogens is 2. The van der Waals surface area contributed by atoms with E-state index in [1.165, 1.54) is 60.4 Å². The highest BCUT2D eigenvalue weighted by Crippen LogP contribution is 2.38. The Morgan fingerprint density at radius 2 is 0.897 bits per heavy atom. The maximum atomic E-state index is 5.12. The highest BCUT2D eigenvalue weighted by molar-refractivity contribution is 7.04. The van der Waals surface area contributed by atoms with Crippen molar-refractivity contribution in [2.45, 2.75) is 13.1 Å². The summed E-state index contributed by atoms with van der Waals surface area (Å²) in [5.74, 6) is 0. The molecule has 58 heavy (non-hydrogen) atoms. The molecule has 3 heterocycles. The van der Waals surface area contributed by atoms with Crippen LogP contribution in [0.5, 0.6) is 0 Å². The monoisotopic (exact) mass is 756 g/mol. The van der Waals surface area contributed by atoms with E-state index in [9.17, 15) is 0 Å². The van der Waals surface area contributed by atoms with Gasteiger partial charge in [-0.15, -0.1) is 0 Å². The van der Waals surface area contributed by atoms with E-state index >= 15 is 0 Å². The first-order valence-electron chi connectivity index (χ1n) is 20.1. The maximum Gasteiger partial charge on any atom is 0.114 e. The molecule has 0 radical (unpaired) electrons. The average Bonchev–Trinajstić information content (AvgIpc) is 3.75. The summed E-state index contributed by atoms with van der Waals surface area (Å²) in [6, 6.07) is 75.2. The van der Waals surface area contributed by atoms with Crippen molar-refractivity contribution >= 4 is 40.3 Å². The van der Waals surface area contributed by atoms with Gasteiger partial charge in [0.05, 0.1) is 22.4 Å². The molecule has 10 aromatic rings. The van der Waals surface area contributed by atoms with Crippen LogP contribution in [0.25, 0.3) is 94.5 Å². The number of hydrogen-bond donors (Lipinski definition) is 0. The number of nitrogens with zero attached hydrogens (tertiary/aromatic N) is 2. The zero-order chi connectivity index (χ0) is 38.8. The quantitative estimate of drug-likeness (QED) is 0.155. The Labute approximate surface area is 340 Å². The van der Waals surface area contributed by atoms with Crippen molar-refractivity contribution in [2.24, 2.45) is 0 Å². The van der Waals surface area contributed by atoms with E-state index in [4.69, 9.17) is 4.98 Å². The van der Waals surface area contributed by atoms with Crippen molar-refractivity contribution in [1.29, 1.82) is 0 Å². The normalized spacial score (nSPS) is 12.8. The van der Waals surface area contributed by atoms with E-state index < -0.39 is 8.07 Å². The Hall–Kier alpha value is -7.07. The second-order valence-electron chi connectivity index (χ2n) is 16.0. The van der Waals surface area contributed by atoms with Gasteiger partial charge >= 0.3 is 0 Å². The van der Waals surface area contributed by atoms with Gasteiger partial charge in [0.2, 0.25) is 0 Å². The minimum absolute atomic E-state index is 0.966. The SMILES string of the molecule is C[Si]1(C)c2ccccc2-c2cccc(-c3ccc(-n4c5ccccc5c5cc(-c6cccc(-c7cc(-c8ccccc8)nc(-c8ccccc8)c7)c6)ccc54)cc3)c21. The van der Waals surface area contributed by atoms with Crippen LogP contribution in [-0.4, -0.2) is 17.6 Å². The van der Waals surface area contributed by atoms with Gasteiger partial charge in [-0.3, -0.25) is 0 Å². The Balaban J connectivity index is 0.983. The second kappa shape index (κ2) is 13.5. The molecule has 0 N–H and O–H groups in total. The number of fused-ring (bicyclic) bond motifs is 6. The molecule has 0 bridgehead atoms. The highest BCUT2D eigenvalue weighted by Gasteiger charge is 2.39. The summed E-state index contributed by atoms with van der Waals surface area (Å²) in [4.78, 5) is 5.12. The van der Waals surface area contributed by atoms with Gasteiger partial charge in [0.1, 0.15) is 8.07 Å². The fourth-order valence-electron chi connectivity index (χ4n) is 9.40. The lowest BCUT2D eigenvalue weighted by Gasteiger charge is -2.22. The van der Waals surface area contributed by atoms with Crippen LogP contribution in [0.4, 0.5) is 0 Å². The van der Waals surface area contributed by atoms with Gasteiger partial charge in [0, 0.05) is 27.6 Å². The van der Waals surface area contributed by atoms with Crippen LogP contribution in [0.3, 0.4) is 0 Å². The summed E-state index contributed by atoms with van der Waals surface area (Å²) in [6.45, 7) is 5.00. The van der Waals surface area contributed by atoms with Gasteiger partial charge in [-0.25, -0.2) is 4.98 Å². The zero-order valence-electron chi connectivity index (χ0n) is 32.5. The minimum atomic E-state index is -1.85. The largest absolute Gasteiger partial charge is 0.309 e. The highest BCUT2D eigenvalue weighted by atomic mass is 28.3. The maximum absolute atomic E-state index is 5.12. The molecule has 11 rings (SSSR count). The van der Waals surface area contributed by atoms with Crippen molar-refractivity contribution in [2.75, 3.05) is 0 Å². The summed E-state index contributed by atoms with van der Waals surface area (Å²) in [5.41, 5.74) is 17.9. The molecule has 0 fully saturated rings. The topological polar surface area (TPSA) is 17.8 Å². The van der Waals surface area contributed by atoms with E-state index in [2.05, 4.69) is 224 Å². The van der Waals surface area contributed by atoms with Gasteiger partial charge in [-0.2, -0.15) is 0 Å². The Bertz CT molecular complexity index is 3120. The molecule has 0 aliphatic carbocycles. The number of benzene rings is 8. The molecule has 0 unspecified atom stereocenters. The minimum Gasteiger partial charge on any atom is -0.309 e. The lowest BCUT2D eigenvalue weighted by molar-refractivity contribution is 1.18. The smallest absolute Gasteiger partial charge is 0.114 e. The molecule has 274 valence electrons. The average molecular weight is 757 g/mol. The standard InChI is InChI=1S/C55H40N2Si/c1-58(2)54-26-12-10-22-47(54)48-24-14-23-45(55(48)58)37-27-30-44(31-28-37)57-52-25-11-9-21-46(52)49-34-42(29-32-53(49)57)40-19-13-20-41(33-40)43-35-50(38-15-5-3-6-16-38)56-51(36-43)39-17-7-4-8-18-39/h3-36H,1-2H3. The molecule has 8 aromatic carbocycles. The van der Waals surface area contributed by atoms with Crippen LogP contribution in [0.2, 0.25) is 13.1 Å². The Kier molecular flexibility index (Phi) is 7.99. The fraction of sp³-hybridized carbons (Fsp3) is 0.0364. The van der Waals surface area contributed by atoms with Crippen LogP contribution < -0.4 is 10.4 Å². The first kappa shape index (κ1) is 34.2. The van der Waals surface area contributed by atoms with E-state index in [0.717, 1.165) is 39.3 Å². The molecule has 1 aliphatic heterocycles. The van der Waals surface area contributed by atoms with Gasteiger partial charge < -0.3 is 4.57 Å². The summed E-state index contributed by atoms with van der Waals surface area (Å²) < 4.78 is 2.42. The summed E-state index contributed by atoms with van der Waals surface area (Å²) in [5, 5.41) is 5.59. The van der Waals surface area contributed by atoms with Crippen LogP contribution in [0.1, 0.15) is 0 Å². The molecule has 0 spiro atoms. The molecule has 2 aromatic heterocycles. The van der Waals surface area contributed by atoms with E-state index in [1.807, 2.05) is 0 Å². The summed E-state index contributed by atoms with van der Waals surface area (Å²) in [6.07, 6.45) is 0. The first-order chi connectivity index (χ1) is 28.5. The molecule has 2 nitrogen and oxygen atoms in total. The Morgan fingerprint density at radius 1 is 0.362 bits per heavy atom. The van der Waals surface area contributed by atoms with E-state index in [1.54, 1.807) is 5.19 Å². The molecule has 0 saturated heterocycles. The van der Waals surface area contributed by atoms with Gasteiger partial charge in [-0.1, -0.05) is 171 Å². The third-order valence-electron chi connectivity index (χ3n) is 12.2. The molecular formula is C55H40N2Si. The zero-order valence-corrected chi connectivity index (χ0v) is 33.5. The number of para-hydroxylation sites is 1. The Morgan fingerprint density at radius 3 is 1.64 bits per heavy atom. The molecule has 1 aliphatic rings. The van der Waals surface area contributed by atoms with Crippen LogP contribution in [-0.2, 0) is 0 Å². The van der Waals surface area contributed by atoms with Crippen LogP contribution in [0.15, 0.2) is 206 Å². The second-order valence-corrected chi connectivity index (χ2v) is 20.3. The fourth-order valence-corrected chi connectivity index (χ4v) is 12.9. The van der Waals surface area contributed by atoms with Gasteiger partial charge in [0.25, 0.3) is 0 Å². The molecule has 3 heteroatoms. The van der Waals surface area contributed by atoms with Crippen LogP contribution >= 0.6 is 0 Å². The number of hydrogen-bond acceptors (Lipinski definition) is 1. The molecule has 0 atom stereocenters. The lowest BCUT2D eigenvalue weighted by atomic mass is 9.96. The summed E-state index contributed by atoms with van der Waals surface area (Å²) >= 11 is 0.